The number of aliphatic hydroxyl groups is 1. The first-order valence-electron chi connectivity index (χ1n) is 11.2. The molecule has 8 heteroatoms. The van der Waals surface area contributed by atoms with Crippen molar-refractivity contribution in [2.24, 2.45) is 0 Å². The van der Waals surface area contributed by atoms with Crippen LogP contribution in [0.1, 0.15) is 36.1 Å². The summed E-state index contributed by atoms with van der Waals surface area (Å²) in [7, 11) is 5.43. The molecule has 0 unspecified atom stereocenters. The quantitative estimate of drug-likeness (QED) is 0.330. The normalized spacial score (nSPS) is 17.5. The molecular formula is C26H32N2O6. The van der Waals surface area contributed by atoms with Crippen molar-refractivity contribution in [3.8, 4) is 17.2 Å². The summed E-state index contributed by atoms with van der Waals surface area (Å²) in [5, 5.41) is 21.4. The number of ketones is 1. The minimum absolute atomic E-state index is 0.00700. The van der Waals surface area contributed by atoms with Gasteiger partial charge in [0.05, 0.1) is 25.3 Å². The number of carbonyl (C=O) groups is 2. The third-order valence-electron chi connectivity index (χ3n) is 5.81. The zero-order valence-electron chi connectivity index (χ0n) is 20.3. The molecule has 1 heterocycles. The van der Waals surface area contributed by atoms with Crippen molar-refractivity contribution in [1.29, 1.82) is 0 Å². The Bertz CT molecular complexity index is 1110. The monoisotopic (exact) mass is 468 g/mol. The molecule has 2 aromatic rings. The van der Waals surface area contributed by atoms with Gasteiger partial charge in [0.1, 0.15) is 11.5 Å². The van der Waals surface area contributed by atoms with Crippen molar-refractivity contribution in [2.75, 3.05) is 40.9 Å². The number of aryl methyl sites for hydroxylation is 1. The molecule has 0 aliphatic carbocycles. The van der Waals surface area contributed by atoms with Gasteiger partial charge < -0.3 is 29.5 Å². The topological polar surface area (TPSA) is 99.5 Å². The predicted molar refractivity (Wildman–Crippen MR) is 129 cm³/mol. The molecule has 1 aliphatic heterocycles. The molecule has 3 rings (SSSR count). The third-order valence-corrected chi connectivity index (χ3v) is 5.81. The maximum Gasteiger partial charge on any atom is 0.295 e. The summed E-state index contributed by atoms with van der Waals surface area (Å²) < 4.78 is 10.8. The Morgan fingerprint density at radius 1 is 1.12 bits per heavy atom. The smallest absolute Gasteiger partial charge is 0.295 e. The number of ether oxygens (including phenoxy) is 2. The highest BCUT2D eigenvalue weighted by atomic mass is 16.5. The van der Waals surface area contributed by atoms with Gasteiger partial charge in [-0.1, -0.05) is 6.07 Å². The number of likely N-dealkylation sites (tertiary alicyclic amines) is 1. The number of benzene rings is 2. The average molecular weight is 469 g/mol. The van der Waals surface area contributed by atoms with E-state index in [4.69, 9.17) is 9.47 Å². The Balaban J connectivity index is 2.15. The van der Waals surface area contributed by atoms with Crippen LogP contribution in [-0.2, 0) is 9.59 Å². The molecule has 8 nitrogen and oxygen atoms in total. The number of phenolic OH excluding ortho intramolecular Hbond substituents is 1. The first-order valence-corrected chi connectivity index (χ1v) is 11.2. The van der Waals surface area contributed by atoms with Gasteiger partial charge >= 0.3 is 0 Å². The summed E-state index contributed by atoms with van der Waals surface area (Å²) in [5.41, 5.74) is 1.77. The number of Topliss-reactive ketones (excluding diaryl/α,β-unsaturated/α-hetero) is 1. The van der Waals surface area contributed by atoms with Crippen LogP contribution in [0.4, 0.5) is 0 Å². The first kappa shape index (κ1) is 25.1. The molecule has 0 aromatic heterocycles. The van der Waals surface area contributed by atoms with Crippen LogP contribution in [0, 0.1) is 6.92 Å². The van der Waals surface area contributed by atoms with Crippen LogP contribution in [-0.4, -0.2) is 72.6 Å². The fourth-order valence-electron chi connectivity index (χ4n) is 4.17. The fraction of sp³-hybridized carbons (Fsp3) is 0.385. The van der Waals surface area contributed by atoms with Crippen molar-refractivity contribution in [2.45, 2.75) is 26.3 Å². The van der Waals surface area contributed by atoms with Crippen LogP contribution in [0.5, 0.6) is 17.2 Å². The Hall–Kier alpha value is -3.52. The van der Waals surface area contributed by atoms with E-state index in [2.05, 4.69) is 0 Å². The molecule has 34 heavy (non-hydrogen) atoms. The molecular weight excluding hydrogens is 436 g/mol. The second-order valence-electron chi connectivity index (χ2n) is 8.49. The Labute approximate surface area is 200 Å². The van der Waals surface area contributed by atoms with E-state index in [1.54, 1.807) is 44.4 Å². The van der Waals surface area contributed by atoms with E-state index in [9.17, 15) is 19.8 Å². The highest BCUT2D eigenvalue weighted by Gasteiger charge is 2.46. The van der Waals surface area contributed by atoms with E-state index in [0.717, 1.165) is 12.1 Å². The van der Waals surface area contributed by atoms with E-state index in [1.165, 1.54) is 11.0 Å². The molecule has 1 fully saturated rings. The SMILES string of the molecule is CCOc1cc([C@H]2C(=C(O)c3ccc(OC)c(C)c3)C(=O)C(=O)N2CCCN(C)C)ccc1O. The molecule has 0 saturated carbocycles. The lowest BCUT2D eigenvalue weighted by Gasteiger charge is -2.26. The van der Waals surface area contributed by atoms with Gasteiger partial charge in [0.2, 0.25) is 0 Å². The van der Waals surface area contributed by atoms with Crippen molar-refractivity contribution in [3.63, 3.8) is 0 Å². The number of phenols is 1. The van der Waals surface area contributed by atoms with Crippen LogP contribution < -0.4 is 9.47 Å². The van der Waals surface area contributed by atoms with Gasteiger partial charge in [-0.25, -0.2) is 0 Å². The zero-order valence-corrected chi connectivity index (χ0v) is 20.3. The predicted octanol–water partition coefficient (Wildman–Crippen LogP) is 3.48. The van der Waals surface area contributed by atoms with Gasteiger partial charge in [0.15, 0.2) is 11.5 Å². The highest BCUT2D eigenvalue weighted by Crippen LogP contribution is 2.42. The number of carbonyl (C=O) groups excluding carboxylic acids is 2. The Morgan fingerprint density at radius 2 is 1.85 bits per heavy atom. The number of nitrogens with zero attached hydrogens (tertiary/aromatic N) is 2. The largest absolute Gasteiger partial charge is 0.507 e. The molecule has 1 amide bonds. The first-order chi connectivity index (χ1) is 16.2. The molecule has 1 atom stereocenters. The number of methoxy groups -OCH3 is 1. The van der Waals surface area contributed by atoms with E-state index in [1.807, 2.05) is 25.9 Å². The number of aromatic hydroxyl groups is 1. The lowest BCUT2D eigenvalue weighted by atomic mass is 9.94. The van der Waals surface area contributed by atoms with E-state index < -0.39 is 17.7 Å². The minimum Gasteiger partial charge on any atom is -0.507 e. The van der Waals surface area contributed by atoms with Crippen LogP contribution in [0.3, 0.4) is 0 Å². The second kappa shape index (κ2) is 10.6. The third kappa shape index (κ3) is 5.02. The van der Waals surface area contributed by atoms with Crippen molar-refractivity contribution in [1.82, 2.24) is 9.80 Å². The van der Waals surface area contributed by atoms with Crippen molar-refractivity contribution in [3.05, 3.63) is 58.7 Å². The zero-order chi connectivity index (χ0) is 25.0. The summed E-state index contributed by atoms with van der Waals surface area (Å²) in [6.45, 7) is 5.03. The van der Waals surface area contributed by atoms with E-state index in [0.29, 0.717) is 36.4 Å². The maximum atomic E-state index is 13.2. The molecule has 0 spiro atoms. The van der Waals surface area contributed by atoms with Gasteiger partial charge in [-0.15, -0.1) is 0 Å². The van der Waals surface area contributed by atoms with Crippen molar-refractivity contribution < 1.29 is 29.3 Å². The second-order valence-corrected chi connectivity index (χ2v) is 8.49. The summed E-state index contributed by atoms with van der Waals surface area (Å²) in [4.78, 5) is 29.7. The standard InChI is InChI=1S/C26H32N2O6/c1-6-34-21-15-17(8-10-19(21)29)23-22(24(30)18-9-11-20(33-5)16(2)14-18)25(31)26(32)28(23)13-7-12-27(3)4/h8-11,14-15,23,29-30H,6-7,12-13H2,1-5H3/t23-/m0/s1. The molecule has 0 bridgehead atoms. The van der Waals surface area contributed by atoms with Crippen LogP contribution in [0.25, 0.3) is 5.76 Å². The average Bonchev–Trinajstić information content (AvgIpc) is 3.05. The van der Waals surface area contributed by atoms with Gasteiger partial charge in [-0.3, -0.25) is 9.59 Å². The lowest BCUT2D eigenvalue weighted by Crippen LogP contribution is -2.32. The molecule has 0 radical (unpaired) electrons. The van der Waals surface area contributed by atoms with Crippen LogP contribution in [0.2, 0.25) is 0 Å². The summed E-state index contributed by atoms with van der Waals surface area (Å²) in [6.07, 6.45) is 0.647. The summed E-state index contributed by atoms with van der Waals surface area (Å²) in [6, 6.07) is 8.98. The van der Waals surface area contributed by atoms with Gasteiger partial charge in [-0.2, -0.15) is 0 Å². The molecule has 182 valence electrons. The maximum absolute atomic E-state index is 13.2. The number of hydrogen-bond donors (Lipinski definition) is 2. The number of amides is 1. The molecule has 1 aliphatic rings. The number of hydrogen-bond acceptors (Lipinski definition) is 7. The van der Waals surface area contributed by atoms with Gasteiger partial charge in [-0.05, 0) is 82.4 Å². The van der Waals surface area contributed by atoms with Crippen LogP contribution in [0.15, 0.2) is 42.0 Å². The molecule has 1 saturated heterocycles. The lowest BCUT2D eigenvalue weighted by molar-refractivity contribution is -0.139. The molecule has 2 aromatic carbocycles. The number of rotatable bonds is 9. The van der Waals surface area contributed by atoms with E-state index in [-0.39, 0.29) is 22.8 Å². The molecule has 2 N–H and O–H groups in total. The fourth-order valence-corrected chi connectivity index (χ4v) is 4.17. The minimum atomic E-state index is -0.815. The Kier molecular flexibility index (Phi) is 7.83. The van der Waals surface area contributed by atoms with Crippen molar-refractivity contribution >= 4 is 17.4 Å². The summed E-state index contributed by atoms with van der Waals surface area (Å²) >= 11 is 0. The summed E-state index contributed by atoms with van der Waals surface area (Å²) in [5.74, 6) is -0.805. The highest BCUT2D eigenvalue weighted by molar-refractivity contribution is 6.46. The van der Waals surface area contributed by atoms with Crippen LogP contribution >= 0.6 is 0 Å². The van der Waals surface area contributed by atoms with E-state index >= 15 is 0 Å². The number of aliphatic hydroxyl groups excluding tert-OH is 1. The van der Waals surface area contributed by atoms with Gasteiger partial charge in [0.25, 0.3) is 11.7 Å². The Morgan fingerprint density at radius 3 is 2.47 bits per heavy atom. The van der Waals surface area contributed by atoms with Gasteiger partial charge in [0, 0.05) is 12.1 Å².